The van der Waals surface area contributed by atoms with E-state index in [0.717, 1.165) is 12.0 Å². The summed E-state index contributed by atoms with van der Waals surface area (Å²) in [4.78, 5) is 26.9. The number of nitrogens with zero attached hydrogens (tertiary/aromatic N) is 2. The van der Waals surface area contributed by atoms with Crippen LogP contribution in [0.25, 0.3) is 0 Å². The van der Waals surface area contributed by atoms with Crippen molar-refractivity contribution in [2.75, 3.05) is 26.2 Å². The Hall–Kier alpha value is -2.46. The van der Waals surface area contributed by atoms with E-state index in [2.05, 4.69) is 4.90 Å². The van der Waals surface area contributed by atoms with E-state index >= 15 is 0 Å². The number of hydrogen-bond donors (Lipinski definition) is 3. The summed E-state index contributed by atoms with van der Waals surface area (Å²) < 4.78 is 11.3. The van der Waals surface area contributed by atoms with Crippen molar-refractivity contribution in [3.63, 3.8) is 0 Å². The topological polar surface area (TPSA) is 126 Å². The van der Waals surface area contributed by atoms with Crippen LogP contribution in [0, 0.1) is 0 Å². The lowest BCUT2D eigenvalue weighted by Gasteiger charge is -2.42. The highest BCUT2D eigenvalue weighted by Crippen LogP contribution is 2.37. The summed E-state index contributed by atoms with van der Waals surface area (Å²) in [5.74, 6) is -0.687. The Morgan fingerprint density at radius 1 is 1.30 bits per heavy atom. The lowest BCUT2D eigenvalue weighted by Crippen LogP contribution is -2.58. The number of carbonyl (C=O) groups excluding carboxylic acids is 1. The molecule has 0 spiro atoms. The van der Waals surface area contributed by atoms with Gasteiger partial charge in [0.15, 0.2) is 0 Å². The SMILES string of the molecule is NC(=O)N1CC[C@H](N2CC(Oc3ccc4c(c3C(=O)O)OB(O)CC4)C2)C1. The van der Waals surface area contributed by atoms with Gasteiger partial charge in [0.2, 0.25) is 0 Å². The van der Waals surface area contributed by atoms with Gasteiger partial charge in [-0.1, -0.05) is 6.07 Å². The van der Waals surface area contributed by atoms with Gasteiger partial charge in [0.25, 0.3) is 0 Å². The van der Waals surface area contributed by atoms with E-state index in [1.165, 1.54) is 0 Å². The fourth-order valence-corrected chi connectivity index (χ4v) is 3.98. The largest absolute Gasteiger partial charge is 0.535 e. The minimum absolute atomic E-state index is 0.0366. The average molecular weight is 375 g/mol. The summed E-state index contributed by atoms with van der Waals surface area (Å²) in [6.07, 6.45) is 1.75. The predicted molar refractivity (Wildman–Crippen MR) is 96.1 cm³/mol. The first-order valence-corrected chi connectivity index (χ1v) is 9.11. The molecule has 4 N–H and O–H groups in total. The number of carbonyl (C=O) groups is 2. The summed E-state index contributed by atoms with van der Waals surface area (Å²) in [6, 6.07) is 3.32. The predicted octanol–water partition coefficient (Wildman–Crippen LogP) is 0.0162. The summed E-state index contributed by atoms with van der Waals surface area (Å²) in [6.45, 7) is 2.61. The van der Waals surface area contributed by atoms with Gasteiger partial charge in [-0.2, -0.15) is 0 Å². The van der Waals surface area contributed by atoms with E-state index < -0.39 is 19.1 Å². The van der Waals surface area contributed by atoms with Gasteiger partial charge < -0.3 is 30.2 Å². The van der Waals surface area contributed by atoms with Crippen molar-refractivity contribution in [3.8, 4) is 11.5 Å². The molecular weight excluding hydrogens is 353 g/mol. The van der Waals surface area contributed by atoms with E-state index in [9.17, 15) is 19.7 Å². The molecule has 2 amide bonds. The number of aryl methyl sites for hydroxylation is 1. The number of aromatic carboxylic acids is 1. The lowest BCUT2D eigenvalue weighted by atomic mass is 9.78. The third kappa shape index (κ3) is 3.42. The maximum Gasteiger partial charge on any atom is 0.522 e. The maximum atomic E-state index is 11.8. The number of carboxylic acid groups (broad SMARTS) is 1. The molecule has 3 aliphatic heterocycles. The lowest BCUT2D eigenvalue weighted by molar-refractivity contribution is -0.00639. The first-order valence-electron chi connectivity index (χ1n) is 9.11. The molecule has 2 fully saturated rings. The van der Waals surface area contributed by atoms with E-state index in [-0.39, 0.29) is 29.2 Å². The zero-order valence-corrected chi connectivity index (χ0v) is 14.8. The van der Waals surface area contributed by atoms with E-state index in [1.807, 2.05) is 0 Å². The highest BCUT2D eigenvalue weighted by atomic mass is 16.5. The molecule has 3 aliphatic rings. The van der Waals surface area contributed by atoms with Gasteiger partial charge in [-0.05, 0) is 30.8 Å². The third-order valence-corrected chi connectivity index (χ3v) is 5.49. The van der Waals surface area contributed by atoms with E-state index in [0.29, 0.717) is 38.9 Å². The standard InChI is InChI=1S/C17H22BN3O6/c19-17(24)20-6-4-11(7-20)21-8-12(9-21)26-13-2-1-10-3-5-18(25)27-15(10)14(13)16(22)23/h1-2,11-12,25H,3-9H2,(H2,19,24)(H,22,23)/t11-/m0/s1. The fraction of sp³-hybridized carbons (Fsp3) is 0.529. The second kappa shape index (κ2) is 6.93. The molecule has 1 aromatic rings. The smallest absolute Gasteiger partial charge is 0.522 e. The second-order valence-corrected chi connectivity index (χ2v) is 7.26. The molecule has 1 aromatic carbocycles. The average Bonchev–Trinajstić information content (AvgIpc) is 3.06. The Kier molecular flexibility index (Phi) is 4.61. The summed E-state index contributed by atoms with van der Waals surface area (Å²) in [7, 11) is -0.999. The fourth-order valence-electron chi connectivity index (χ4n) is 3.98. The van der Waals surface area contributed by atoms with Gasteiger partial charge in [-0.15, -0.1) is 0 Å². The molecule has 4 rings (SSSR count). The van der Waals surface area contributed by atoms with Crippen molar-refractivity contribution >= 4 is 19.1 Å². The van der Waals surface area contributed by atoms with Gasteiger partial charge in [0.05, 0.1) is 0 Å². The van der Waals surface area contributed by atoms with Gasteiger partial charge in [0, 0.05) is 32.2 Å². The number of nitrogens with two attached hydrogens (primary N) is 1. The zero-order valence-electron chi connectivity index (χ0n) is 14.8. The van der Waals surface area contributed by atoms with E-state index in [1.54, 1.807) is 17.0 Å². The number of ether oxygens (including phenoxy) is 1. The molecule has 0 bridgehead atoms. The molecule has 0 unspecified atom stereocenters. The van der Waals surface area contributed by atoms with Crippen LogP contribution in [0.5, 0.6) is 11.5 Å². The molecule has 0 aromatic heterocycles. The Balaban J connectivity index is 1.42. The Morgan fingerprint density at radius 3 is 2.74 bits per heavy atom. The number of fused-ring (bicyclic) bond motifs is 1. The van der Waals surface area contributed by atoms with Crippen molar-refractivity contribution in [2.45, 2.75) is 31.3 Å². The van der Waals surface area contributed by atoms with Crippen LogP contribution < -0.4 is 15.1 Å². The second-order valence-electron chi connectivity index (χ2n) is 7.26. The van der Waals surface area contributed by atoms with Crippen LogP contribution in [-0.2, 0) is 6.42 Å². The van der Waals surface area contributed by atoms with Crippen LogP contribution in [0.15, 0.2) is 12.1 Å². The molecule has 27 heavy (non-hydrogen) atoms. The van der Waals surface area contributed by atoms with Crippen LogP contribution in [-0.4, -0.2) is 77.4 Å². The molecule has 2 saturated heterocycles. The third-order valence-electron chi connectivity index (χ3n) is 5.49. The molecule has 144 valence electrons. The highest BCUT2D eigenvalue weighted by Gasteiger charge is 2.39. The first-order chi connectivity index (χ1) is 12.9. The van der Waals surface area contributed by atoms with Crippen LogP contribution in [0.3, 0.4) is 0 Å². The Morgan fingerprint density at radius 2 is 2.07 bits per heavy atom. The molecule has 0 radical (unpaired) electrons. The van der Waals surface area contributed by atoms with Crippen LogP contribution >= 0.6 is 0 Å². The number of benzene rings is 1. The minimum atomic E-state index is -1.14. The van der Waals surface area contributed by atoms with Crippen molar-refractivity contribution in [1.29, 1.82) is 0 Å². The summed E-state index contributed by atoms with van der Waals surface area (Å²) in [5.41, 5.74) is 6.04. The monoisotopic (exact) mass is 375 g/mol. The first kappa shape index (κ1) is 17.9. The normalized spacial score (nSPS) is 22.8. The molecule has 3 heterocycles. The summed E-state index contributed by atoms with van der Waals surface area (Å²) in [5, 5.41) is 19.3. The summed E-state index contributed by atoms with van der Waals surface area (Å²) >= 11 is 0. The number of amides is 2. The minimum Gasteiger partial charge on any atom is -0.535 e. The Labute approximate surface area is 156 Å². The Bertz CT molecular complexity index is 769. The van der Waals surface area contributed by atoms with Gasteiger partial charge in [-0.25, -0.2) is 9.59 Å². The van der Waals surface area contributed by atoms with Crippen LogP contribution in [0.4, 0.5) is 4.79 Å². The van der Waals surface area contributed by atoms with Gasteiger partial charge in [0.1, 0.15) is 23.2 Å². The van der Waals surface area contributed by atoms with Crippen molar-refractivity contribution in [2.24, 2.45) is 5.73 Å². The van der Waals surface area contributed by atoms with Crippen molar-refractivity contribution in [3.05, 3.63) is 23.3 Å². The molecule has 10 heteroatoms. The molecule has 0 saturated carbocycles. The maximum absolute atomic E-state index is 11.8. The highest BCUT2D eigenvalue weighted by molar-refractivity contribution is 6.44. The van der Waals surface area contributed by atoms with Gasteiger partial charge >= 0.3 is 19.1 Å². The number of urea groups is 1. The van der Waals surface area contributed by atoms with E-state index in [4.69, 9.17) is 15.1 Å². The van der Waals surface area contributed by atoms with Crippen LogP contribution in [0.2, 0.25) is 6.32 Å². The van der Waals surface area contributed by atoms with Crippen molar-refractivity contribution < 1.29 is 29.1 Å². The molecule has 9 nitrogen and oxygen atoms in total. The molecular formula is C17H22BN3O6. The number of likely N-dealkylation sites (tertiary alicyclic amines) is 2. The number of carboxylic acids is 1. The molecule has 0 aliphatic carbocycles. The quantitative estimate of drug-likeness (QED) is 0.634. The zero-order chi connectivity index (χ0) is 19.1. The molecule has 1 atom stereocenters. The van der Waals surface area contributed by atoms with Gasteiger partial charge in [-0.3, -0.25) is 4.90 Å². The van der Waals surface area contributed by atoms with Crippen LogP contribution in [0.1, 0.15) is 22.3 Å². The van der Waals surface area contributed by atoms with Crippen molar-refractivity contribution in [1.82, 2.24) is 9.80 Å². The number of hydrogen-bond acceptors (Lipinski definition) is 6. The number of rotatable bonds is 4. The number of primary amides is 1.